The van der Waals surface area contributed by atoms with Crippen LogP contribution >= 0.6 is 0 Å². The summed E-state index contributed by atoms with van der Waals surface area (Å²) in [5.41, 5.74) is 8.67. The van der Waals surface area contributed by atoms with Crippen molar-refractivity contribution in [2.24, 2.45) is 134 Å². The summed E-state index contributed by atoms with van der Waals surface area (Å²) in [7, 11) is 0. The molecule has 0 saturated heterocycles. The minimum Gasteiger partial charge on any atom is -0.393 e. The summed E-state index contributed by atoms with van der Waals surface area (Å²) in [5.74, 6) is 16.4. The van der Waals surface area contributed by atoms with Crippen LogP contribution in [0.4, 0.5) is 0 Å². The molecule has 0 amide bonds. The van der Waals surface area contributed by atoms with Gasteiger partial charge in [-0.2, -0.15) is 0 Å². The Hall–Kier alpha value is -1.12. The zero-order valence-electron chi connectivity index (χ0n) is 57.0. The molecule has 0 spiro atoms. The largest absolute Gasteiger partial charge is 0.393 e. The molecule has 0 bridgehead atoms. The molecule has 0 aromatic heterocycles. The summed E-state index contributed by atoms with van der Waals surface area (Å²) in [6.45, 7) is 44.4. The van der Waals surface area contributed by atoms with Gasteiger partial charge in [-0.3, -0.25) is 0 Å². The molecule has 10 rings (SSSR count). The van der Waals surface area contributed by atoms with E-state index in [2.05, 4.69) is 149 Å². The van der Waals surface area contributed by atoms with Crippen LogP contribution in [0.15, 0.2) is 46.6 Å². The number of aliphatic hydroxyl groups excluding tert-OH is 2. The van der Waals surface area contributed by atoms with Gasteiger partial charge in [0.25, 0.3) is 0 Å². The standard InChI is InChI=1S/C29H50O.C28H48O.C22H38/c1-7-21(19(2)3)9-8-20(4)25-12-13-26-24-11-10-22-18-23(30)14-16-28(22,5)27(24)15-17-29(25,26)6;1-18(2)19(3)7-8-20(4)24-11-12-25-23-10-9-21-17-22(29)13-15-27(21,5)26(23)14-16-28(24,25)6;1-16(2)15-17(3)9-7-10-18(4)20-12-13-21-19(5)11-8-14-22(20,21)6/h10,19-21,23-27,30H,7-9,11-18H2,1-6H3;9,18-20,22-26,29H,7-8,10-17H2,1-6H3;9,15,18-21H,7-8,10-14H2,1-6H3/b;;17-9+/t20?,21-,23+,24+,25?,26?,27?,28+,29-;19-,20?,22+,23+,24?,25?,26?,27+,28-;18?,19-,20?,21?,22+/m111/s1. The highest BCUT2D eigenvalue weighted by molar-refractivity contribution is 5.27. The zero-order valence-corrected chi connectivity index (χ0v) is 57.0. The van der Waals surface area contributed by atoms with E-state index in [1.54, 1.807) is 11.1 Å². The Bertz CT molecular complexity index is 2150. The second kappa shape index (κ2) is 27.1. The number of rotatable bonds is 16. The Morgan fingerprint density at radius 1 is 0.519 bits per heavy atom. The maximum atomic E-state index is 10.2. The van der Waals surface area contributed by atoms with Crippen LogP contribution in [-0.2, 0) is 0 Å². The van der Waals surface area contributed by atoms with Crippen molar-refractivity contribution in [2.75, 3.05) is 0 Å². The smallest absolute Gasteiger partial charge is 0.0577 e. The normalized spacial score (nSPS) is 43.4. The lowest BCUT2D eigenvalue weighted by molar-refractivity contribution is -0.0575. The first-order valence-electron chi connectivity index (χ1n) is 36.3. The lowest BCUT2D eigenvalue weighted by atomic mass is 9.47. The third-order valence-electron chi connectivity index (χ3n) is 29.2. The van der Waals surface area contributed by atoms with Crippen LogP contribution in [0.3, 0.4) is 0 Å². The number of hydrogen-bond donors (Lipinski definition) is 2. The van der Waals surface area contributed by atoms with Crippen molar-refractivity contribution in [2.45, 2.75) is 317 Å². The molecule has 10 aliphatic rings. The quantitative estimate of drug-likeness (QED) is 0.119. The summed E-state index contributed by atoms with van der Waals surface area (Å²) in [6.07, 6.45) is 47.6. The van der Waals surface area contributed by atoms with Crippen molar-refractivity contribution in [3.8, 4) is 0 Å². The molecule has 0 aromatic carbocycles. The van der Waals surface area contributed by atoms with E-state index >= 15 is 0 Å². The molecule has 0 aromatic rings. The van der Waals surface area contributed by atoms with Gasteiger partial charge < -0.3 is 10.2 Å². The minimum atomic E-state index is -0.0794. The van der Waals surface area contributed by atoms with Crippen LogP contribution in [0.1, 0.15) is 304 Å². The highest BCUT2D eigenvalue weighted by atomic mass is 16.3. The molecule has 23 atom stereocenters. The molecule has 2 nitrogen and oxygen atoms in total. The van der Waals surface area contributed by atoms with Crippen molar-refractivity contribution in [1.29, 1.82) is 0 Å². The predicted octanol–water partition coefficient (Wildman–Crippen LogP) is 22.8. The van der Waals surface area contributed by atoms with E-state index in [0.717, 1.165) is 132 Å². The molecule has 0 aliphatic heterocycles. The maximum absolute atomic E-state index is 10.2. The fraction of sp³-hybridized carbons (Fsp3) is 0.899. The summed E-state index contributed by atoms with van der Waals surface area (Å²) in [4.78, 5) is 0. The van der Waals surface area contributed by atoms with Gasteiger partial charge in [-0.05, 0) is 296 Å². The van der Waals surface area contributed by atoms with Crippen molar-refractivity contribution in [1.82, 2.24) is 0 Å². The number of hydrogen-bond acceptors (Lipinski definition) is 2. The molecule has 2 heteroatoms. The van der Waals surface area contributed by atoms with Crippen LogP contribution in [0.5, 0.6) is 0 Å². The van der Waals surface area contributed by atoms with E-state index in [-0.39, 0.29) is 12.2 Å². The Morgan fingerprint density at radius 3 is 1.43 bits per heavy atom. The fourth-order valence-corrected chi connectivity index (χ4v) is 23.8. The number of aliphatic hydroxyl groups is 2. The maximum Gasteiger partial charge on any atom is 0.0577 e. The van der Waals surface area contributed by atoms with Gasteiger partial charge in [0.05, 0.1) is 12.2 Å². The molecule has 464 valence electrons. The van der Waals surface area contributed by atoms with E-state index in [4.69, 9.17) is 0 Å². The highest BCUT2D eigenvalue weighted by Crippen LogP contribution is 2.69. The van der Waals surface area contributed by atoms with Crippen molar-refractivity contribution < 1.29 is 10.2 Å². The average Bonchev–Trinajstić information content (AvgIpc) is 4.19. The van der Waals surface area contributed by atoms with Gasteiger partial charge in [0.2, 0.25) is 0 Å². The van der Waals surface area contributed by atoms with Crippen LogP contribution in [0.25, 0.3) is 0 Å². The first-order chi connectivity index (χ1) is 38.2. The van der Waals surface area contributed by atoms with Gasteiger partial charge >= 0.3 is 0 Å². The van der Waals surface area contributed by atoms with Gasteiger partial charge in [-0.15, -0.1) is 0 Å². The minimum absolute atomic E-state index is 0.0790. The van der Waals surface area contributed by atoms with Crippen LogP contribution in [0, 0.1) is 134 Å². The second-order valence-electron chi connectivity index (χ2n) is 34.4. The topological polar surface area (TPSA) is 40.5 Å². The average molecular weight is 1120 g/mol. The molecule has 81 heavy (non-hydrogen) atoms. The van der Waals surface area contributed by atoms with Gasteiger partial charge in [-0.1, -0.05) is 189 Å². The molecule has 10 aliphatic carbocycles. The third kappa shape index (κ3) is 13.6. The SMILES string of the molecule is CC(C)=C/C(C)=C/CCC(C)C1CCC2[C@H](C)CCC[C@@]12C.CC(CC[C@@H](C)C(C)C)C1CCC2[C@@H]3CC=C4C[C@@H](O)CC[C@]4(C)C3CC[C@]12C.CC[C@H](CCC(C)C1CCC2[C@@H]3CC=C4C[C@@H](O)CC[C@]4(C)C3CC[C@]12C)C(C)C. The number of allylic oxidation sites excluding steroid dienone is 6. The molecule has 11 unspecified atom stereocenters. The van der Waals surface area contributed by atoms with Gasteiger partial charge in [0.1, 0.15) is 0 Å². The predicted molar refractivity (Wildman–Crippen MR) is 351 cm³/mol. The van der Waals surface area contributed by atoms with Crippen LogP contribution in [0.2, 0.25) is 0 Å². The Morgan fingerprint density at radius 2 is 0.975 bits per heavy atom. The number of fused-ring (bicyclic) bond motifs is 11. The molecular weight excluding hydrogens is 981 g/mol. The summed E-state index contributed by atoms with van der Waals surface area (Å²) in [5, 5.41) is 20.5. The highest BCUT2D eigenvalue weighted by Gasteiger charge is 2.61. The summed E-state index contributed by atoms with van der Waals surface area (Å²) >= 11 is 0. The summed E-state index contributed by atoms with van der Waals surface area (Å²) < 4.78 is 0. The zero-order chi connectivity index (χ0) is 59.0. The van der Waals surface area contributed by atoms with E-state index in [9.17, 15) is 10.2 Å². The van der Waals surface area contributed by atoms with Crippen LogP contribution < -0.4 is 0 Å². The monoisotopic (exact) mass is 1120 g/mol. The molecule has 8 saturated carbocycles. The third-order valence-corrected chi connectivity index (χ3v) is 29.2. The van der Waals surface area contributed by atoms with Gasteiger partial charge in [0.15, 0.2) is 0 Å². The van der Waals surface area contributed by atoms with E-state index < -0.39 is 0 Å². The molecule has 2 N–H and O–H groups in total. The van der Waals surface area contributed by atoms with E-state index in [0.29, 0.717) is 27.1 Å². The molecule has 0 radical (unpaired) electrons. The molecule has 8 fully saturated rings. The first-order valence-corrected chi connectivity index (χ1v) is 36.3. The lowest BCUT2D eigenvalue weighted by Crippen LogP contribution is -2.50. The Kier molecular flexibility index (Phi) is 22.0. The Labute approximate surface area is 504 Å². The lowest BCUT2D eigenvalue weighted by Gasteiger charge is -2.58. The van der Waals surface area contributed by atoms with E-state index in [1.165, 1.54) is 165 Å². The van der Waals surface area contributed by atoms with Crippen molar-refractivity contribution in [3.05, 3.63) is 46.6 Å². The fourth-order valence-electron chi connectivity index (χ4n) is 23.8. The van der Waals surface area contributed by atoms with Crippen molar-refractivity contribution in [3.63, 3.8) is 0 Å². The first kappa shape index (κ1) is 65.8. The second-order valence-corrected chi connectivity index (χ2v) is 34.4. The van der Waals surface area contributed by atoms with Crippen LogP contribution in [-0.4, -0.2) is 22.4 Å². The molecular formula is C79H136O2. The molecule has 0 heterocycles. The van der Waals surface area contributed by atoms with Gasteiger partial charge in [0, 0.05) is 0 Å². The Balaban J connectivity index is 0.000000162. The van der Waals surface area contributed by atoms with Gasteiger partial charge in [-0.25, -0.2) is 0 Å². The van der Waals surface area contributed by atoms with E-state index in [1.807, 2.05) is 0 Å². The summed E-state index contributed by atoms with van der Waals surface area (Å²) in [6, 6.07) is 0. The van der Waals surface area contributed by atoms with Crippen molar-refractivity contribution >= 4 is 0 Å².